The lowest BCUT2D eigenvalue weighted by molar-refractivity contribution is 0.897. The SMILES string of the molecule is Nc1cc2c([nH]c1=O)CCC2. The number of anilines is 1. The summed E-state index contributed by atoms with van der Waals surface area (Å²) in [6, 6.07) is 1.79. The summed E-state index contributed by atoms with van der Waals surface area (Å²) in [5.74, 6) is 0. The van der Waals surface area contributed by atoms with Crippen molar-refractivity contribution in [1.29, 1.82) is 0 Å². The monoisotopic (exact) mass is 150 g/mol. The molecule has 1 aliphatic carbocycles. The molecule has 0 saturated heterocycles. The Morgan fingerprint density at radius 1 is 1.45 bits per heavy atom. The van der Waals surface area contributed by atoms with Crippen LogP contribution in [0.15, 0.2) is 10.9 Å². The zero-order valence-electron chi connectivity index (χ0n) is 6.18. The third-order valence-corrected chi connectivity index (χ3v) is 2.12. The van der Waals surface area contributed by atoms with Crippen LogP contribution < -0.4 is 11.3 Å². The van der Waals surface area contributed by atoms with E-state index in [0.717, 1.165) is 25.0 Å². The second-order valence-corrected chi connectivity index (χ2v) is 2.91. The highest BCUT2D eigenvalue weighted by Crippen LogP contribution is 2.18. The van der Waals surface area contributed by atoms with Crippen molar-refractivity contribution in [3.63, 3.8) is 0 Å². The predicted molar refractivity (Wildman–Crippen MR) is 43.5 cm³/mol. The Balaban J connectivity index is 2.66. The molecule has 0 atom stereocenters. The van der Waals surface area contributed by atoms with Gasteiger partial charge in [0.15, 0.2) is 0 Å². The fourth-order valence-corrected chi connectivity index (χ4v) is 1.53. The lowest BCUT2D eigenvalue weighted by atomic mass is 10.2. The third kappa shape index (κ3) is 0.926. The molecule has 0 radical (unpaired) electrons. The summed E-state index contributed by atoms with van der Waals surface area (Å²) >= 11 is 0. The maximum absolute atomic E-state index is 11.0. The van der Waals surface area contributed by atoms with E-state index in [2.05, 4.69) is 4.98 Å². The van der Waals surface area contributed by atoms with Crippen LogP contribution in [0.5, 0.6) is 0 Å². The van der Waals surface area contributed by atoms with Crippen LogP contribution in [0.25, 0.3) is 0 Å². The molecular weight excluding hydrogens is 140 g/mol. The van der Waals surface area contributed by atoms with E-state index in [1.54, 1.807) is 6.07 Å². The summed E-state index contributed by atoms with van der Waals surface area (Å²) in [7, 11) is 0. The van der Waals surface area contributed by atoms with E-state index in [1.165, 1.54) is 5.56 Å². The van der Waals surface area contributed by atoms with Crippen molar-refractivity contribution < 1.29 is 0 Å². The van der Waals surface area contributed by atoms with Crippen LogP contribution in [0, 0.1) is 0 Å². The Morgan fingerprint density at radius 3 is 3.09 bits per heavy atom. The largest absolute Gasteiger partial charge is 0.394 e. The van der Waals surface area contributed by atoms with Gasteiger partial charge in [-0.05, 0) is 30.9 Å². The highest BCUT2D eigenvalue weighted by atomic mass is 16.1. The minimum Gasteiger partial charge on any atom is -0.394 e. The first-order valence-electron chi connectivity index (χ1n) is 3.78. The van der Waals surface area contributed by atoms with Crippen LogP contribution in [-0.2, 0) is 12.8 Å². The van der Waals surface area contributed by atoms with Gasteiger partial charge in [0, 0.05) is 5.69 Å². The van der Waals surface area contributed by atoms with Gasteiger partial charge in [-0.1, -0.05) is 0 Å². The lowest BCUT2D eigenvalue weighted by Crippen LogP contribution is -2.13. The Labute approximate surface area is 64.2 Å². The van der Waals surface area contributed by atoms with Gasteiger partial charge >= 0.3 is 0 Å². The van der Waals surface area contributed by atoms with E-state index >= 15 is 0 Å². The molecule has 0 bridgehead atoms. The first kappa shape index (κ1) is 6.46. The highest BCUT2D eigenvalue weighted by molar-refractivity contribution is 5.41. The zero-order valence-corrected chi connectivity index (χ0v) is 6.18. The van der Waals surface area contributed by atoms with E-state index in [1.807, 2.05) is 0 Å². The number of pyridine rings is 1. The Bertz CT molecular complexity index is 340. The summed E-state index contributed by atoms with van der Waals surface area (Å²) in [4.78, 5) is 13.8. The van der Waals surface area contributed by atoms with Crippen LogP contribution in [0.3, 0.4) is 0 Å². The van der Waals surface area contributed by atoms with E-state index in [9.17, 15) is 4.79 Å². The van der Waals surface area contributed by atoms with Crippen molar-refractivity contribution in [3.8, 4) is 0 Å². The molecule has 3 nitrogen and oxygen atoms in total. The van der Waals surface area contributed by atoms with Crippen molar-refractivity contribution in [2.45, 2.75) is 19.3 Å². The number of hydrogen-bond donors (Lipinski definition) is 2. The smallest absolute Gasteiger partial charge is 0.271 e. The first-order valence-corrected chi connectivity index (χ1v) is 3.78. The van der Waals surface area contributed by atoms with Gasteiger partial charge in [0.05, 0.1) is 5.69 Å². The standard InChI is InChI=1S/C8H10N2O/c9-6-4-5-2-1-3-7(5)10-8(6)11/h4H,1-3,9H2,(H,10,11). The molecule has 0 fully saturated rings. The van der Waals surface area contributed by atoms with Crippen molar-refractivity contribution in [3.05, 3.63) is 27.7 Å². The van der Waals surface area contributed by atoms with Crippen LogP contribution in [0.4, 0.5) is 5.69 Å². The van der Waals surface area contributed by atoms with Crippen LogP contribution in [0.1, 0.15) is 17.7 Å². The molecule has 11 heavy (non-hydrogen) atoms. The Hall–Kier alpha value is -1.25. The van der Waals surface area contributed by atoms with Crippen molar-refractivity contribution in [2.75, 3.05) is 5.73 Å². The number of hydrogen-bond acceptors (Lipinski definition) is 2. The Kier molecular flexibility index (Phi) is 1.24. The number of aromatic nitrogens is 1. The molecule has 3 N–H and O–H groups in total. The number of aryl methyl sites for hydroxylation is 2. The molecule has 58 valence electrons. The van der Waals surface area contributed by atoms with Gasteiger partial charge in [0.2, 0.25) is 0 Å². The average Bonchev–Trinajstić information content (AvgIpc) is 2.36. The van der Waals surface area contributed by atoms with Gasteiger partial charge in [-0.2, -0.15) is 0 Å². The molecule has 3 heteroatoms. The molecule has 1 aromatic heterocycles. The molecule has 2 rings (SSSR count). The van der Waals surface area contributed by atoms with E-state index in [0.29, 0.717) is 5.69 Å². The number of nitrogens with one attached hydrogen (secondary N) is 1. The quantitative estimate of drug-likeness (QED) is 0.564. The number of aromatic amines is 1. The number of fused-ring (bicyclic) bond motifs is 1. The van der Waals surface area contributed by atoms with Gasteiger partial charge in [-0.25, -0.2) is 0 Å². The van der Waals surface area contributed by atoms with E-state index < -0.39 is 0 Å². The highest BCUT2D eigenvalue weighted by Gasteiger charge is 2.12. The molecule has 0 saturated carbocycles. The zero-order chi connectivity index (χ0) is 7.84. The second-order valence-electron chi connectivity index (χ2n) is 2.91. The van der Waals surface area contributed by atoms with E-state index in [-0.39, 0.29) is 5.56 Å². The molecule has 1 aromatic rings. The van der Waals surface area contributed by atoms with Gasteiger partial charge in [0.25, 0.3) is 5.56 Å². The van der Waals surface area contributed by atoms with Crippen molar-refractivity contribution >= 4 is 5.69 Å². The first-order chi connectivity index (χ1) is 5.27. The Morgan fingerprint density at radius 2 is 2.27 bits per heavy atom. The van der Waals surface area contributed by atoms with E-state index in [4.69, 9.17) is 5.73 Å². The fourth-order valence-electron chi connectivity index (χ4n) is 1.53. The van der Waals surface area contributed by atoms with Crippen LogP contribution >= 0.6 is 0 Å². The molecule has 1 aliphatic rings. The topological polar surface area (TPSA) is 58.9 Å². The number of nitrogens with two attached hydrogens (primary N) is 1. The minimum atomic E-state index is -0.148. The van der Waals surface area contributed by atoms with Crippen LogP contribution in [0.2, 0.25) is 0 Å². The molecule has 1 heterocycles. The maximum atomic E-state index is 11.0. The molecule has 0 aliphatic heterocycles. The number of rotatable bonds is 0. The molecule has 0 spiro atoms. The average molecular weight is 150 g/mol. The van der Waals surface area contributed by atoms with Gasteiger partial charge in [0.1, 0.15) is 0 Å². The van der Waals surface area contributed by atoms with Crippen molar-refractivity contribution in [2.24, 2.45) is 0 Å². The fraction of sp³-hybridized carbons (Fsp3) is 0.375. The minimum absolute atomic E-state index is 0.148. The van der Waals surface area contributed by atoms with Crippen LogP contribution in [-0.4, -0.2) is 4.98 Å². The summed E-state index contributed by atoms with van der Waals surface area (Å²) in [6.45, 7) is 0. The normalized spacial score (nSPS) is 14.9. The molecule has 0 amide bonds. The number of H-pyrrole nitrogens is 1. The second kappa shape index (κ2) is 2.12. The molecule has 0 unspecified atom stereocenters. The maximum Gasteiger partial charge on any atom is 0.271 e. The summed E-state index contributed by atoms with van der Waals surface area (Å²) in [5.41, 5.74) is 7.92. The van der Waals surface area contributed by atoms with Gasteiger partial charge < -0.3 is 10.7 Å². The summed E-state index contributed by atoms with van der Waals surface area (Å²) < 4.78 is 0. The molecule has 0 aromatic carbocycles. The van der Waals surface area contributed by atoms with Crippen molar-refractivity contribution in [1.82, 2.24) is 4.98 Å². The van der Waals surface area contributed by atoms with Gasteiger partial charge in [-0.3, -0.25) is 4.79 Å². The number of nitrogen functional groups attached to an aromatic ring is 1. The lowest BCUT2D eigenvalue weighted by Gasteiger charge is -1.98. The molecular formula is C8H10N2O. The third-order valence-electron chi connectivity index (χ3n) is 2.12. The van der Waals surface area contributed by atoms with Gasteiger partial charge in [-0.15, -0.1) is 0 Å². The summed E-state index contributed by atoms with van der Waals surface area (Å²) in [6.07, 6.45) is 3.18. The predicted octanol–water partition coefficient (Wildman–Crippen LogP) is 0.446. The summed E-state index contributed by atoms with van der Waals surface area (Å²) in [5, 5.41) is 0.